The standard InChI is InChI=1S/C12H12F2N4O2/c1-2-17-7-15-5-9(17)6-16-12-10(14)3-8(13)4-11(12)18(19)20/h3-5,7,16H,2,6H2,1H3. The van der Waals surface area contributed by atoms with Crippen LogP contribution in [0.2, 0.25) is 0 Å². The van der Waals surface area contributed by atoms with Crippen LogP contribution in [0.25, 0.3) is 0 Å². The molecule has 0 aliphatic rings. The number of rotatable bonds is 5. The first kappa shape index (κ1) is 13.9. The van der Waals surface area contributed by atoms with Crippen molar-refractivity contribution in [3.63, 3.8) is 0 Å². The summed E-state index contributed by atoms with van der Waals surface area (Å²) in [5, 5.41) is 13.4. The van der Waals surface area contributed by atoms with Gasteiger partial charge in [-0.3, -0.25) is 10.1 Å². The van der Waals surface area contributed by atoms with Crippen LogP contribution in [0.15, 0.2) is 24.7 Å². The third-order valence-corrected chi connectivity index (χ3v) is 2.82. The molecule has 0 saturated carbocycles. The molecule has 0 spiro atoms. The first-order valence-corrected chi connectivity index (χ1v) is 5.89. The molecule has 6 nitrogen and oxygen atoms in total. The number of nitro benzene ring substituents is 1. The molecule has 0 atom stereocenters. The highest BCUT2D eigenvalue weighted by molar-refractivity contribution is 5.62. The molecule has 2 rings (SSSR count). The Labute approximate surface area is 113 Å². The van der Waals surface area contributed by atoms with Crippen LogP contribution in [0.5, 0.6) is 0 Å². The molecule has 20 heavy (non-hydrogen) atoms. The van der Waals surface area contributed by atoms with Gasteiger partial charge in [0, 0.05) is 18.8 Å². The fourth-order valence-electron chi connectivity index (χ4n) is 1.84. The topological polar surface area (TPSA) is 73.0 Å². The van der Waals surface area contributed by atoms with Crippen molar-refractivity contribution in [1.29, 1.82) is 0 Å². The van der Waals surface area contributed by atoms with E-state index in [-0.39, 0.29) is 12.2 Å². The van der Waals surface area contributed by atoms with Crippen molar-refractivity contribution in [3.05, 3.63) is 52.1 Å². The summed E-state index contributed by atoms with van der Waals surface area (Å²) in [5.41, 5.74) is -0.226. The van der Waals surface area contributed by atoms with E-state index in [0.29, 0.717) is 18.7 Å². The fraction of sp³-hybridized carbons (Fsp3) is 0.250. The molecule has 0 amide bonds. The minimum atomic E-state index is -1.00. The first-order valence-electron chi connectivity index (χ1n) is 5.89. The van der Waals surface area contributed by atoms with Gasteiger partial charge in [-0.1, -0.05) is 0 Å². The van der Waals surface area contributed by atoms with Gasteiger partial charge in [0.05, 0.1) is 29.6 Å². The van der Waals surface area contributed by atoms with Crippen molar-refractivity contribution in [3.8, 4) is 0 Å². The van der Waals surface area contributed by atoms with Crippen LogP contribution in [-0.2, 0) is 13.1 Å². The van der Waals surface area contributed by atoms with E-state index in [0.717, 1.165) is 5.69 Å². The number of halogens is 2. The zero-order valence-corrected chi connectivity index (χ0v) is 10.6. The Balaban J connectivity index is 2.27. The van der Waals surface area contributed by atoms with Crippen molar-refractivity contribution in [1.82, 2.24) is 9.55 Å². The minimum absolute atomic E-state index is 0.150. The largest absolute Gasteiger partial charge is 0.371 e. The lowest BCUT2D eigenvalue weighted by molar-refractivity contribution is -0.384. The summed E-state index contributed by atoms with van der Waals surface area (Å²) in [7, 11) is 0. The van der Waals surface area contributed by atoms with Crippen LogP contribution < -0.4 is 5.32 Å². The highest BCUT2D eigenvalue weighted by Crippen LogP contribution is 2.29. The normalized spacial score (nSPS) is 10.6. The summed E-state index contributed by atoms with van der Waals surface area (Å²) < 4.78 is 28.5. The van der Waals surface area contributed by atoms with Gasteiger partial charge in [-0.15, -0.1) is 0 Å². The van der Waals surface area contributed by atoms with Gasteiger partial charge in [-0.05, 0) is 6.92 Å². The maximum atomic E-state index is 13.7. The lowest BCUT2D eigenvalue weighted by Crippen LogP contribution is -2.09. The van der Waals surface area contributed by atoms with Crippen LogP contribution in [0.1, 0.15) is 12.6 Å². The van der Waals surface area contributed by atoms with Gasteiger partial charge in [0.1, 0.15) is 11.5 Å². The number of nitrogens with zero attached hydrogens (tertiary/aromatic N) is 3. The lowest BCUT2D eigenvalue weighted by Gasteiger charge is -2.09. The summed E-state index contributed by atoms with van der Waals surface area (Å²) in [4.78, 5) is 13.9. The molecule has 0 unspecified atom stereocenters. The molecule has 2 aromatic rings. The molecule has 0 aliphatic carbocycles. The summed E-state index contributed by atoms with van der Waals surface area (Å²) >= 11 is 0. The predicted octanol–water partition coefficient (Wildman–Crippen LogP) is 2.70. The molecule has 1 aromatic carbocycles. The van der Waals surface area contributed by atoms with E-state index < -0.39 is 22.2 Å². The Morgan fingerprint density at radius 1 is 1.45 bits per heavy atom. The molecule has 8 heteroatoms. The maximum Gasteiger partial charge on any atom is 0.298 e. The number of aromatic nitrogens is 2. The molecule has 106 valence electrons. The Morgan fingerprint density at radius 3 is 2.85 bits per heavy atom. The van der Waals surface area contributed by atoms with Gasteiger partial charge >= 0.3 is 0 Å². The number of benzene rings is 1. The van der Waals surface area contributed by atoms with Gasteiger partial charge in [-0.25, -0.2) is 13.8 Å². The second kappa shape index (κ2) is 5.64. The van der Waals surface area contributed by atoms with E-state index in [9.17, 15) is 18.9 Å². The fourth-order valence-corrected chi connectivity index (χ4v) is 1.84. The molecule has 1 aromatic heterocycles. The van der Waals surface area contributed by atoms with Crippen molar-refractivity contribution >= 4 is 11.4 Å². The highest BCUT2D eigenvalue weighted by atomic mass is 19.1. The van der Waals surface area contributed by atoms with E-state index in [4.69, 9.17) is 0 Å². The zero-order chi connectivity index (χ0) is 14.7. The average molecular weight is 282 g/mol. The van der Waals surface area contributed by atoms with E-state index in [1.165, 1.54) is 0 Å². The van der Waals surface area contributed by atoms with Crippen molar-refractivity contribution in [2.24, 2.45) is 0 Å². The van der Waals surface area contributed by atoms with Crippen LogP contribution in [0, 0.1) is 21.7 Å². The SMILES string of the molecule is CCn1cncc1CNc1c(F)cc(F)cc1[N+](=O)[O-]. The molecule has 0 saturated heterocycles. The van der Waals surface area contributed by atoms with E-state index >= 15 is 0 Å². The minimum Gasteiger partial charge on any atom is -0.371 e. The summed E-state index contributed by atoms with van der Waals surface area (Å²) in [6, 6.07) is 1.29. The number of imidazole rings is 1. The lowest BCUT2D eigenvalue weighted by atomic mass is 10.2. The molecular weight excluding hydrogens is 270 g/mol. The Kier molecular flexibility index (Phi) is 3.92. The van der Waals surface area contributed by atoms with Crippen LogP contribution >= 0.6 is 0 Å². The smallest absolute Gasteiger partial charge is 0.298 e. The Hall–Kier alpha value is -2.51. The molecule has 0 aliphatic heterocycles. The monoisotopic (exact) mass is 282 g/mol. The average Bonchev–Trinajstić information content (AvgIpc) is 2.84. The number of anilines is 1. The number of nitro groups is 1. The quantitative estimate of drug-likeness (QED) is 0.676. The van der Waals surface area contributed by atoms with Crippen molar-refractivity contribution in [2.75, 3.05) is 5.32 Å². The predicted molar refractivity (Wildman–Crippen MR) is 68.2 cm³/mol. The second-order valence-electron chi connectivity index (χ2n) is 4.06. The van der Waals surface area contributed by atoms with Gasteiger partial charge in [0.15, 0.2) is 5.82 Å². The summed E-state index contributed by atoms with van der Waals surface area (Å²) in [6.45, 7) is 2.73. The second-order valence-corrected chi connectivity index (χ2v) is 4.06. The highest BCUT2D eigenvalue weighted by Gasteiger charge is 2.20. The molecule has 1 N–H and O–H groups in total. The third kappa shape index (κ3) is 2.73. The maximum absolute atomic E-state index is 13.7. The number of hydrogen-bond donors (Lipinski definition) is 1. The van der Waals surface area contributed by atoms with Gasteiger partial charge < -0.3 is 9.88 Å². The van der Waals surface area contributed by atoms with E-state index in [2.05, 4.69) is 10.3 Å². The van der Waals surface area contributed by atoms with E-state index in [1.54, 1.807) is 17.1 Å². The van der Waals surface area contributed by atoms with Crippen molar-refractivity contribution < 1.29 is 13.7 Å². The number of hydrogen-bond acceptors (Lipinski definition) is 4. The number of nitrogens with one attached hydrogen (secondary N) is 1. The van der Waals surface area contributed by atoms with Gasteiger partial charge in [0.25, 0.3) is 5.69 Å². The zero-order valence-electron chi connectivity index (χ0n) is 10.6. The Morgan fingerprint density at radius 2 is 2.20 bits per heavy atom. The van der Waals surface area contributed by atoms with Crippen LogP contribution in [-0.4, -0.2) is 14.5 Å². The molecule has 0 fully saturated rings. The third-order valence-electron chi connectivity index (χ3n) is 2.82. The van der Waals surface area contributed by atoms with Crippen molar-refractivity contribution in [2.45, 2.75) is 20.0 Å². The van der Waals surface area contributed by atoms with Gasteiger partial charge in [-0.2, -0.15) is 0 Å². The molecule has 0 bridgehead atoms. The molecular formula is C12H12F2N4O2. The number of aryl methyl sites for hydroxylation is 1. The molecule has 1 heterocycles. The Bertz CT molecular complexity index is 642. The summed E-state index contributed by atoms with van der Waals surface area (Å²) in [5.74, 6) is -1.99. The van der Waals surface area contributed by atoms with Gasteiger partial charge in [0.2, 0.25) is 0 Å². The first-order chi connectivity index (χ1) is 9.52. The van der Waals surface area contributed by atoms with Crippen LogP contribution in [0.3, 0.4) is 0 Å². The van der Waals surface area contributed by atoms with Crippen LogP contribution in [0.4, 0.5) is 20.2 Å². The molecule has 0 radical (unpaired) electrons. The van der Waals surface area contributed by atoms with E-state index in [1.807, 2.05) is 6.92 Å². The summed E-state index contributed by atoms with van der Waals surface area (Å²) in [6.07, 6.45) is 3.18.